The van der Waals surface area contributed by atoms with Gasteiger partial charge in [0, 0.05) is 19.9 Å². The van der Waals surface area contributed by atoms with Gasteiger partial charge in [-0.1, -0.05) is 0 Å². The van der Waals surface area contributed by atoms with E-state index in [1.165, 1.54) is 6.92 Å². The number of hydrogen-bond acceptors (Lipinski definition) is 2. The SMILES string of the molecule is CC(=O)NCCC(N)=O. The summed E-state index contributed by atoms with van der Waals surface area (Å²) in [5.41, 5.74) is 4.79. The highest BCUT2D eigenvalue weighted by Gasteiger charge is 1.93. The van der Waals surface area contributed by atoms with Gasteiger partial charge in [0.05, 0.1) is 0 Å². The number of nitrogens with two attached hydrogens (primary N) is 1. The Labute approximate surface area is 53.4 Å². The molecule has 0 spiro atoms. The second-order valence-corrected chi connectivity index (χ2v) is 1.70. The second-order valence-electron chi connectivity index (χ2n) is 1.70. The van der Waals surface area contributed by atoms with Gasteiger partial charge < -0.3 is 11.1 Å². The lowest BCUT2D eigenvalue weighted by molar-refractivity contribution is -0.119. The maximum atomic E-state index is 10.2. The van der Waals surface area contributed by atoms with Crippen LogP contribution in [0.5, 0.6) is 0 Å². The molecule has 52 valence electrons. The van der Waals surface area contributed by atoms with Crippen LogP contribution in [0.25, 0.3) is 0 Å². The molecule has 0 heterocycles. The molecule has 4 nitrogen and oxygen atoms in total. The topological polar surface area (TPSA) is 72.2 Å². The number of hydrogen-bond donors (Lipinski definition) is 2. The molecule has 0 aliphatic heterocycles. The smallest absolute Gasteiger partial charge is 0.219 e. The summed E-state index contributed by atoms with van der Waals surface area (Å²) in [6.45, 7) is 1.73. The van der Waals surface area contributed by atoms with Crippen molar-refractivity contribution in [2.24, 2.45) is 5.73 Å². The van der Waals surface area contributed by atoms with E-state index in [1.54, 1.807) is 0 Å². The number of amides is 2. The molecule has 0 saturated carbocycles. The minimum absolute atomic E-state index is 0.142. The molecule has 0 aromatic heterocycles. The first-order valence-corrected chi connectivity index (χ1v) is 2.65. The van der Waals surface area contributed by atoms with Crippen molar-refractivity contribution in [1.29, 1.82) is 0 Å². The van der Waals surface area contributed by atoms with Gasteiger partial charge in [0.25, 0.3) is 0 Å². The third kappa shape index (κ3) is 6.94. The Bertz CT molecular complexity index is 108. The first kappa shape index (κ1) is 7.94. The van der Waals surface area contributed by atoms with Gasteiger partial charge in [0.15, 0.2) is 0 Å². The van der Waals surface area contributed by atoms with E-state index in [4.69, 9.17) is 5.73 Å². The monoisotopic (exact) mass is 130 g/mol. The molecular weight excluding hydrogens is 120 g/mol. The zero-order valence-electron chi connectivity index (χ0n) is 5.31. The average Bonchev–Trinajstić information content (AvgIpc) is 1.63. The lowest BCUT2D eigenvalue weighted by Gasteiger charge is -1.96. The van der Waals surface area contributed by atoms with Crippen LogP contribution in [0.2, 0.25) is 0 Å². The maximum Gasteiger partial charge on any atom is 0.219 e. The first-order chi connectivity index (χ1) is 4.13. The normalized spacial score (nSPS) is 8.56. The van der Waals surface area contributed by atoms with Crippen molar-refractivity contribution in [3.8, 4) is 0 Å². The Hall–Kier alpha value is -1.06. The molecule has 3 N–H and O–H groups in total. The molecule has 0 saturated heterocycles. The zero-order valence-corrected chi connectivity index (χ0v) is 5.31. The van der Waals surface area contributed by atoms with E-state index >= 15 is 0 Å². The quantitative estimate of drug-likeness (QED) is 0.514. The largest absolute Gasteiger partial charge is 0.370 e. The van der Waals surface area contributed by atoms with Crippen LogP contribution in [0, 0.1) is 0 Å². The van der Waals surface area contributed by atoms with E-state index < -0.39 is 5.91 Å². The van der Waals surface area contributed by atoms with Crippen molar-refractivity contribution in [3.63, 3.8) is 0 Å². The molecule has 0 radical (unpaired) electrons. The predicted molar refractivity (Wildman–Crippen MR) is 32.5 cm³/mol. The number of rotatable bonds is 3. The summed E-state index contributed by atoms with van der Waals surface area (Å²) in [7, 11) is 0. The molecule has 0 rings (SSSR count). The van der Waals surface area contributed by atoms with Crippen molar-refractivity contribution in [2.75, 3.05) is 6.54 Å². The molecule has 0 aliphatic rings. The van der Waals surface area contributed by atoms with E-state index in [0.29, 0.717) is 6.54 Å². The van der Waals surface area contributed by atoms with Crippen molar-refractivity contribution in [3.05, 3.63) is 0 Å². The van der Waals surface area contributed by atoms with Crippen molar-refractivity contribution in [2.45, 2.75) is 13.3 Å². The van der Waals surface area contributed by atoms with Crippen molar-refractivity contribution < 1.29 is 9.59 Å². The van der Waals surface area contributed by atoms with Crippen LogP contribution in [-0.2, 0) is 9.59 Å². The highest BCUT2D eigenvalue weighted by atomic mass is 16.2. The van der Waals surface area contributed by atoms with Crippen LogP contribution < -0.4 is 11.1 Å². The van der Waals surface area contributed by atoms with Crippen LogP contribution in [0.3, 0.4) is 0 Å². The summed E-state index contributed by atoms with van der Waals surface area (Å²) in [4.78, 5) is 20.2. The summed E-state index contributed by atoms with van der Waals surface area (Å²) in [5.74, 6) is -0.542. The Balaban J connectivity index is 3.10. The molecule has 9 heavy (non-hydrogen) atoms. The van der Waals surface area contributed by atoms with Gasteiger partial charge in [-0.25, -0.2) is 0 Å². The van der Waals surface area contributed by atoms with Crippen LogP contribution in [0.4, 0.5) is 0 Å². The first-order valence-electron chi connectivity index (χ1n) is 2.65. The number of primary amides is 1. The zero-order chi connectivity index (χ0) is 7.28. The number of nitrogens with one attached hydrogen (secondary N) is 1. The Kier molecular flexibility index (Phi) is 3.43. The Morgan fingerprint density at radius 2 is 2.11 bits per heavy atom. The van der Waals surface area contributed by atoms with Gasteiger partial charge in [-0.2, -0.15) is 0 Å². The molecule has 0 unspecified atom stereocenters. The van der Waals surface area contributed by atoms with Crippen LogP contribution >= 0.6 is 0 Å². The summed E-state index contributed by atoms with van der Waals surface area (Å²) in [6.07, 6.45) is 0.208. The molecule has 4 heteroatoms. The van der Waals surface area contributed by atoms with Gasteiger partial charge in [-0.3, -0.25) is 9.59 Å². The van der Waals surface area contributed by atoms with Crippen LogP contribution in [0.15, 0.2) is 0 Å². The molecule has 0 aliphatic carbocycles. The molecule has 2 amide bonds. The molecule has 0 aromatic rings. The highest BCUT2D eigenvalue weighted by Crippen LogP contribution is 1.71. The standard InChI is InChI=1S/C5H10N2O2/c1-4(8)7-3-2-5(6)9/h2-3H2,1H3,(H2,6,9)(H,7,8). The lowest BCUT2D eigenvalue weighted by Crippen LogP contribution is -2.25. The minimum atomic E-state index is -0.399. The summed E-state index contributed by atoms with van der Waals surface area (Å²) in [5, 5.41) is 2.44. The number of carbonyl (C=O) groups is 2. The van der Waals surface area contributed by atoms with E-state index in [9.17, 15) is 9.59 Å². The molecular formula is C5H10N2O2. The molecule has 0 aromatic carbocycles. The summed E-state index contributed by atoms with van der Waals surface area (Å²) in [6, 6.07) is 0. The van der Waals surface area contributed by atoms with Gasteiger partial charge >= 0.3 is 0 Å². The van der Waals surface area contributed by atoms with Crippen molar-refractivity contribution >= 4 is 11.8 Å². The number of carbonyl (C=O) groups excluding carboxylic acids is 2. The lowest BCUT2D eigenvalue weighted by atomic mass is 10.4. The Morgan fingerprint density at radius 3 is 2.44 bits per heavy atom. The van der Waals surface area contributed by atoms with Gasteiger partial charge in [0.1, 0.15) is 0 Å². The third-order valence-electron chi connectivity index (χ3n) is 0.745. The summed E-state index contributed by atoms with van der Waals surface area (Å²) >= 11 is 0. The van der Waals surface area contributed by atoms with E-state index in [0.717, 1.165) is 0 Å². The minimum Gasteiger partial charge on any atom is -0.370 e. The fourth-order valence-electron chi connectivity index (χ4n) is 0.362. The maximum absolute atomic E-state index is 10.2. The fourth-order valence-corrected chi connectivity index (χ4v) is 0.362. The average molecular weight is 130 g/mol. The molecule has 0 fully saturated rings. The third-order valence-corrected chi connectivity index (χ3v) is 0.745. The van der Waals surface area contributed by atoms with E-state index in [-0.39, 0.29) is 12.3 Å². The van der Waals surface area contributed by atoms with Crippen molar-refractivity contribution in [1.82, 2.24) is 5.32 Å². The predicted octanol–water partition coefficient (Wildman–Crippen LogP) is -1.00. The second kappa shape index (κ2) is 3.88. The van der Waals surface area contributed by atoms with E-state index in [2.05, 4.69) is 5.32 Å². The van der Waals surface area contributed by atoms with Gasteiger partial charge in [-0.15, -0.1) is 0 Å². The highest BCUT2D eigenvalue weighted by molar-refractivity contribution is 5.76. The molecule has 0 atom stereocenters. The summed E-state index contributed by atoms with van der Waals surface area (Å²) < 4.78 is 0. The van der Waals surface area contributed by atoms with Gasteiger partial charge in [-0.05, 0) is 0 Å². The Morgan fingerprint density at radius 1 is 1.56 bits per heavy atom. The van der Waals surface area contributed by atoms with Crippen LogP contribution in [-0.4, -0.2) is 18.4 Å². The molecule has 0 bridgehead atoms. The van der Waals surface area contributed by atoms with E-state index in [1.807, 2.05) is 0 Å². The fraction of sp³-hybridized carbons (Fsp3) is 0.600. The van der Waals surface area contributed by atoms with Gasteiger partial charge in [0.2, 0.25) is 11.8 Å². The van der Waals surface area contributed by atoms with Crippen LogP contribution in [0.1, 0.15) is 13.3 Å².